The highest BCUT2D eigenvalue weighted by atomic mass is 32.2. The van der Waals surface area contributed by atoms with Crippen molar-refractivity contribution in [1.29, 1.82) is 0 Å². The minimum atomic E-state index is 0.831. The number of aliphatic imine (C=N–C) groups is 1. The van der Waals surface area contributed by atoms with Gasteiger partial charge in [-0.1, -0.05) is 55.9 Å². The summed E-state index contributed by atoms with van der Waals surface area (Å²) in [5.41, 5.74) is 9.34. The highest BCUT2D eigenvalue weighted by Crippen LogP contribution is 2.47. The summed E-state index contributed by atoms with van der Waals surface area (Å²) in [5, 5.41) is 7.23. The molecule has 0 bridgehead atoms. The van der Waals surface area contributed by atoms with Gasteiger partial charge in [0.15, 0.2) is 0 Å². The molecule has 3 nitrogen and oxygen atoms in total. The molecule has 32 heavy (non-hydrogen) atoms. The summed E-state index contributed by atoms with van der Waals surface area (Å²) in [6.45, 7) is 4.35. The first-order chi connectivity index (χ1) is 15.7. The molecule has 1 heterocycles. The van der Waals surface area contributed by atoms with Gasteiger partial charge in [-0.2, -0.15) is 0 Å². The van der Waals surface area contributed by atoms with Crippen molar-refractivity contribution < 1.29 is 0 Å². The molecule has 5 rings (SSSR count). The Labute approximate surface area is 194 Å². The van der Waals surface area contributed by atoms with Crippen molar-refractivity contribution in [3.63, 3.8) is 0 Å². The first kappa shape index (κ1) is 20.7. The van der Waals surface area contributed by atoms with Crippen LogP contribution in [0.5, 0.6) is 0 Å². The number of fused-ring (bicyclic) bond motifs is 1. The van der Waals surface area contributed by atoms with E-state index in [-0.39, 0.29) is 0 Å². The lowest BCUT2D eigenvalue weighted by molar-refractivity contribution is 1.14. The van der Waals surface area contributed by atoms with Crippen LogP contribution in [0.25, 0.3) is 0 Å². The topological polar surface area (TPSA) is 36.4 Å². The minimum absolute atomic E-state index is 0.831. The second kappa shape index (κ2) is 9.09. The van der Waals surface area contributed by atoms with Crippen LogP contribution in [-0.2, 0) is 12.8 Å². The van der Waals surface area contributed by atoms with Crippen LogP contribution in [0.2, 0.25) is 0 Å². The molecule has 0 radical (unpaired) electrons. The van der Waals surface area contributed by atoms with Gasteiger partial charge >= 0.3 is 0 Å². The number of aryl methyl sites for hydroxylation is 2. The van der Waals surface area contributed by atoms with E-state index in [1.54, 1.807) is 0 Å². The molecule has 0 fully saturated rings. The summed E-state index contributed by atoms with van der Waals surface area (Å²) >= 11 is 1.84. The minimum Gasteiger partial charge on any atom is -0.355 e. The Bertz CT molecular complexity index is 1220. The average Bonchev–Trinajstić information content (AvgIpc) is 2.84. The Morgan fingerprint density at radius 2 is 1.59 bits per heavy atom. The van der Waals surface area contributed by atoms with Crippen molar-refractivity contribution in [3.8, 4) is 0 Å². The zero-order valence-electron chi connectivity index (χ0n) is 18.5. The van der Waals surface area contributed by atoms with E-state index in [9.17, 15) is 0 Å². The molecule has 160 valence electrons. The van der Waals surface area contributed by atoms with E-state index in [0.717, 1.165) is 47.7 Å². The van der Waals surface area contributed by atoms with Crippen molar-refractivity contribution >= 4 is 40.2 Å². The summed E-state index contributed by atoms with van der Waals surface area (Å²) in [5.74, 6) is 0. The van der Waals surface area contributed by atoms with Gasteiger partial charge in [0.25, 0.3) is 0 Å². The second-order valence-electron chi connectivity index (χ2n) is 8.05. The summed E-state index contributed by atoms with van der Waals surface area (Å²) < 4.78 is 0. The van der Waals surface area contributed by atoms with Gasteiger partial charge < -0.3 is 10.6 Å². The number of anilines is 3. The molecular formula is C28H27N3S. The van der Waals surface area contributed by atoms with E-state index in [2.05, 4.69) is 103 Å². The maximum Gasteiger partial charge on any atom is 0.0633 e. The smallest absolute Gasteiger partial charge is 0.0633 e. The number of hydrogen-bond acceptors (Lipinski definition) is 4. The van der Waals surface area contributed by atoms with Crippen molar-refractivity contribution in [1.82, 2.24) is 0 Å². The molecule has 0 atom stereocenters. The standard InChI is InChI=1S/C28H27N3S/c1-3-19-8-12-21(13-9-19)29-23-16-17-24-27(18-23)32-28-25(6-5-7-26(28)31-24)30-22-14-10-20(4-2)11-15-22/h5-17,30-31H,3-4,18H2,1-2H3. The third-order valence-corrected chi connectivity index (χ3v) is 7.11. The Morgan fingerprint density at radius 1 is 0.875 bits per heavy atom. The monoisotopic (exact) mass is 437 g/mol. The summed E-state index contributed by atoms with van der Waals surface area (Å²) in [7, 11) is 0. The highest BCUT2D eigenvalue weighted by molar-refractivity contribution is 8.03. The van der Waals surface area contributed by atoms with E-state index < -0.39 is 0 Å². The average molecular weight is 438 g/mol. The molecular weight excluding hydrogens is 410 g/mol. The molecule has 3 aromatic rings. The van der Waals surface area contributed by atoms with E-state index in [1.165, 1.54) is 26.6 Å². The number of benzene rings is 3. The fourth-order valence-corrected chi connectivity index (χ4v) is 5.09. The van der Waals surface area contributed by atoms with E-state index >= 15 is 0 Å². The molecule has 2 aliphatic rings. The zero-order chi connectivity index (χ0) is 21.9. The van der Waals surface area contributed by atoms with Crippen LogP contribution in [-0.4, -0.2) is 5.71 Å². The summed E-state index contributed by atoms with van der Waals surface area (Å²) in [6, 6.07) is 23.6. The van der Waals surface area contributed by atoms with Gasteiger partial charge in [0, 0.05) is 28.4 Å². The third-order valence-electron chi connectivity index (χ3n) is 5.85. The first-order valence-corrected chi connectivity index (χ1v) is 12.0. The Hall–Kier alpha value is -3.24. The molecule has 2 N–H and O–H groups in total. The van der Waals surface area contributed by atoms with E-state index in [1.807, 2.05) is 11.8 Å². The number of thioether (sulfide) groups is 1. The first-order valence-electron chi connectivity index (χ1n) is 11.2. The Balaban J connectivity index is 1.36. The zero-order valence-corrected chi connectivity index (χ0v) is 19.3. The summed E-state index contributed by atoms with van der Waals surface area (Å²) in [6.07, 6.45) is 7.21. The van der Waals surface area contributed by atoms with Crippen LogP contribution in [0.4, 0.5) is 22.7 Å². The SMILES string of the molecule is CCc1ccc(N=C2C=CC3=C(C2)Sc2c(cccc2Nc2ccc(CC)cc2)N3)cc1. The normalized spacial score (nSPS) is 15.9. The molecule has 0 saturated heterocycles. The summed E-state index contributed by atoms with van der Waals surface area (Å²) in [4.78, 5) is 7.42. The highest BCUT2D eigenvalue weighted by Gasteiger charge is 2.23. The van der Waals surface area contributed by atoms with Gasteiger partial charge in [-0.15, -0.1) is 0 Å². The maximum atomic E-state index is 4.89. The van der Waals surface area contributed by atoms with Crippen molar-refractivity contribution in [3.05, 3.63) is 101 Å². The van der Waals surface area contributed by atoms with Crippen molar-refractivity contribution in [2.45, 2.75) is 38.0 Å². The molecule has 1 aliphatic heterocycles. The second-order valence-corrected chi connectivity index (χ2v) is 9.16. The molecule has 1 aliphatic carbocycles. The number of rotatable bonds is 5. The lowest BCUT2D eigenvalue weighted by Gasteiger charge is -2.27. The molecule has 0 unspecified atom stereocenters. The van der Waals surface area contributed by atoms with Crippen LogP contribution >= 0.6 is 11.8 Å². The largest absolute Gasteiger partial charge is 0.355 e. The Kier molecular flexibility index (Phi) is 5.87. The van der Waals surface area contributed by atoms with Crippen LogP contribution in [0, 0.1) is 0 Å². The van der Waals surface area contributed by atoms with Gasteiger partial charge in [0.05, 0.1) is 22.0 Å². The van der Waals surface area contributed by atoms with Gasteiger partial charge in [-0.25, -0.2) is 0 Å². The van der Waals surface area contributed by atoms with Gasteiger partial charge in [0.2, 0.25) is 0 Å². The van der Waals surface area contributed by atoms with E-state index in [0.29, 0.717) is 0 Å². The van der Waals surface area contributed by atoms with Crippen LogP contribution in [0.1, 0.15) is 31.4 Å². The number of allylic oxidation sites excluding steroid dienone is 3. The molecule has 4 heteroatoms. The third kappa shape index (κ3) is 4.37. The van der Waals surface area contributed by atoms with Crippen molar-refractivity contribution in [2.75, 3.05) is 10.6 Å². The van der Waals surface area contributed by atoms with Crippen LogP contribution in [0.3, 0.4) is 0 Å². The lowest BCUT2D eigenvalue weighted by Crippen LogP contribution is -2.13. The molecule has 0 amide bonds. The van der Waals surface area contributed by atoms with Gasteiger partial charge in [-0.3, -0.25) is 4.99 Å². The number of nitrogens with one attached hydrogen (secondary N) is 2. The van der Waals surface area contributed by atoms with Crippen LogP contribution in [0.15, 0.2) is 99.4 Å². The quantitative estimate of drug-likeness (QED) is 0.424. The number of hydrogen-bond donors (Lipinski definition) is 2. The fraction of sp³-hybridized carbons (Fsp3) is 0.179. The fourth-order valence-electron chi connectivity index (χ4n) is 3.93. The molecule has 0 saturated carbocycles. The van der Waals surface area contributed by atoms with Gasteiger partial charge in [-0.05, 0) is 72.5 Å². The number of nitrogens with zero attached hydrogens (tertiary/aromatic N) is 1. The van der Waals surface area contributed by atoms with Crippen LogP contribution < -0.4 is 10.6 Å². The Morgan fingerprint density at radius 3 is 2.31 bits per heavy atom. The molecule has 0 aromatic heterocycles. The maximum absolute atomic E-state index is 4.89. The van der Waals surface area contributed by atoms with Gasteiger partial charge in [0.1, 0.15) is 0 Å². The predicted octanol–water partition coefficient (Wildman–Crippen LogP) is 8.02. The lowest BCUT2D eigenvalue weighted by atomic mass is 10.1. The predicted molar refractivity (Wildman–Crippen MR) is 139 cm³/mol. The molecule has 3 aromatic carbocycles. The van der Waals surface area contributed by atoms with E-state index in [4.69, 9.17) is 4.99 Å². The van der Waals surface area contributed by atoms with Crippen molar-refractivity contribution in [2.24, 2.45) is 4.99 Å². The molecule has 0 spiro atoms.